The van der Waals surface area contributed by atoms with Crippen LogP contribution in [-0.2, 0) is 18.4 Å². The summed E-state index contributed by atoms with van der Waals surface area (Å²) in [6.45, 7) is 4.79. The van der Waals surface area contributed by atoms with Gasteiger partial charge in [0.25, 0.3) is 0 Å². The van der Waals surface area contributed by atoms with E-state index in [-0.39, 0.29) is 19.1 Å². The molecule has 0 saturated carbocycles. The van der Waals surface area contributed by atoms with Gasteiger partial charge in [-0.25, -0.2) is 4.57 Å². The van der Waals surface area contributed by atoms with Crippen LogP contribution in [0, 0.1) is 0 Å². The fraction of sp³-hybridized carbons (Fsp3) is 0.827. The van der Waals surface area contributed by atoms with Crippen molar-refractivity contribution in [3.05, 3.63) is 48.6 Å². The number of nitrogens with one attached hydrogen (secondary N) is 1. The van der Waals surface area contributed by atoms with Gasteiger partial charge in [0.15, 0.2) is 0 Å². The average Bonchev–Trinajstić information content (AvgIpc) is 3.21. The Labute approximate surface area is 378 Å². The summed E-state index contributed by atoms with van der Waals surface area (Å²) >= 11 is 0. The van der Waals surface area contributed by atoms with Crippen LogP contribution in [0.2, 0.25) is 0 Å². The number of phosphoric acid groups is 1. The van der Waals surface area contributed by atoms with E-state index in [4.69, 9.17) is 9.05 Å². The first-order valence-electron chi connectivity index (χ1n) is 25.5. The highest BCUT2D eigenvalue weighted by molar-refractivity contribution is 7.47. The fourth-order valence-corrected chi connectivity index (χ4v) is 7.94. The smallest absolute Gasteiger partial charge is 0.387 e. The molecular weight excluding hydrogens is 780 g/mol. The minimum Gasteiger partial charge on any atom is -0.387 e. The quantitative estimate of drug-likeness (QED) is 0.0243. The Hall–Kier alpha value is -1.54. The van der Waals surface area contributed by atoms with Crippen molar-refractivity contribution in [2.45, 2.75) is 238 Å². The molecule has 0 aliphatic rings. The second-order valence-corrected chi connectivity index (χ2v) is 20.0. The molecule has 3 atom stereocenters. The van der Waals surface area contributed by atoms with Gasteiger partial charge < -0.3 is 19.8 Å². The van der Waals surface area contributed by atoms with Crippen molar-refractivity contribution in [3.8, 4) is 0 Å². The maximum atomic E-state index is 12.9. The molecule has 0 saturated heterocycles. The number of unbranched alkanes of at least 4 members (excludes halogenated alkanes) is 27. The third-order valence-corrected chi connectivity index (χ3v) is 12.3. The molecule has 0 aliphatic carbocycles. The second kappa shape index (κ2) is 43.7. The van der Waals surface area contributed by atoms with Gasteiger partial charge in [-0.2, -0.15) is 0 Å². The zero-order chi connectivity index (χ0) is 45.0. The van der Waals surface area contributed by atoms with Crippen LogP contribution < -0.4 is 5.32 Å². The highest BCUT2D eigenvalue weighted by atomic mass is 31.2. The van der Waals surface area contributed by atoms with Crippen molar-refractivity contribution in [1.82, 2.24) is 5.32 Å². The molecule has 61 heavy (non-hydrogen) atoms. The predicted octanol–water partition coefficient (Wildman–Crippen LogP) is 14.8. The normalized spacial score (nSPS) is 14.5. The maximum absolute atomic E-state index is 12.9. The fourth-order valence-electron chi connectivity index (χ4n) is 7.21. The van der Waals surface area contributed by atoms with E-state index in [0.717, 1.165) is 44.9 Å². The monoisotopic (exact) mass is 880 g/mol. The summed E-state index contributed by atoms with van der Waals surface area (Å²) in [5.41, 5.74) is 0. The number of amides is 1. The molecule has 0 aromatic carbocycles. The molecule has 3 N–H and O–H groups in total. The van der Waals surface area contributed by atoms with Crippen LogP contribution in [0.1, 0.15) is 226 Å². The average molecular weight is 880 g/mol. The van der Waals surface area contributed by atoms with Crippen LogP contribution in [0.5, 0.6) is 0 Å². The largest absolute Gasteiger partial charge is 0.472 e. The van der Waals surface area contributed by atoms with Gasteiger partial charge in [0.05, 0.1) is 39.9 Å². The lowest BCUT2D eigenvalue weighted by Crippen LogP contribution is -2.45. The van der Waals surface area contributed by atoms with E-state index in [9.17, 15) is 19.4 Å². The Morgan fingerprint density at radius 2 is 0.951 bits per heavy atom. The molecule has 0 aromatic rings. The van der Waals surface area contributed by atoms with E-state index >= 15 is 0 Å². The van der Waals surface area contributed by atoms with E-state index in [1.165, 1.54) is 161 Å². The summed E-state index contributed by atoms with van der Waals surface area (Å²) in [6, 6.07) is -0.866. The molecule has 0 rings (SSSR count). The number of phosphoric ester groups is 1. The molecule has 1 amide bonds. The lowest BCUT2D eigenvalue weighted by atomic mass is 10.0. The topological polar surface area (TPSA) is 105 Å². The highest BCUT2D eigenvalue weighted by Gasteiger charge is 2.27. The number of quaternary nitrogens is 1. The van der Waals surface area contributed by atoms with Gasteiger partial charge in [-0.3, -0.25) is 13.8 Å². The first-order valence-corrected chi connectivity index (χ1v) is 27.0. The number of hydrogen-bond acceptors (Lipinski definition) is 5. The molecule has 0 fully saturated rings. The molecule has 0 aliphatic heterocycles. The number of carbonyl (C=O) groups is 1. The van der Waals surface area contributed by atoms with Gasteiger partial charge in [-0.15, -0.1) is 0 Å². The van der Waals surface area contributed by atoms with E-state index in [2.05, 4.69) is 55.6 Å². The van der Waals surface area contributed by atoms with E-state index in [1.54, 1.807) is 6.08 Å². The minimum absolute atomic E-state index is 0.0544. The van der Waals surface area contributed by atoms with Gasteiger partial charge in [0.1, 0.15) is 13.2 Å². The molecule has 0 spiro atoms. The van der Waals surface area contributed by atoms with E-state index < -0.39 is 20.0 Å². The van der Waals surface area contributed by atoms with Gasteiger partial charge >= 0.3 is 7.82 Å². The van der Waals surface area contributed by atoms with Gasteiger partial charge in [0.2, 0.25) is 5.91 Å². The van der Waals surface area contributed by atoms with Crippen molar-refractivity contribution < 1.29 is 32.9 Å². The standard InChI is InChI=1S/C52H99N2O6P/c1-6-8-10-12-14-16-18-20-22-24-26-27-28-30-32-34-36-38-40-42-44-46-52(56)53-50(49-60-61(57,58)59-48-47-54(3,4)5)51(55)45-43-41-39-37-35-33-31-29-25-23-21-19-17-15-13-11-9-7-2/h18,20,24,26,35,37,43,45,50-51,55H,6-17,19,21-23,25,27-34,36,38-42,44,46-49H2,1-5H3,(H-,53,56,57,58)/p+1/b20-18-,26-24-,37-35+,45-43+. The molecule has 0 heterocycles. The molecule has 0 aromatic heterocycles. The number of carbonyl (C=O) groups excluding carboxylic acids is 1. The van der Waals surface area contributed by atoms with Gasteiger partial charge in [0, 0.05) is 6.42 Å². The lowest BCUT2D eigenvalue weighted by molar-refractivity contribution is -0.870. The Morgan fingerprint density at radius 3 is 1.41 bits per heavy atom. The third-order valence-electron chi connectivity index (χ3n) is 11.3. The molecule has 9 heteroatoms. The predicted molar refractivity (Wildman–Crippen MR) is 263 cm³/mol. The molecular formula is C52H100N2O6P+. The number of aliphatic hydroxyl groups excluding tert-OH is 1. The van der Waals surface area contributed by atoms with Crippen molar-refractivity contribution in [2.24, 2.45) is 0 Å². The highest BCUT2D eigenvalue weighted by Crippen LogP contribution is 2.43. The third kappa shape index (κ3) is 46.3. The number of likely N-dealkylation sites (N-methyl/N-ethyl adjacent to an activating group) is 1. The lowest BCUT2D eigenvalue weighted by Gasteiger charge is -2.25. The molecule has 358 valence electrons. The first kappa shape index (κ1) is 59.5. The minimum atomic E-state index is -4.35. The SMILES string of the molecule is CCCCCCC/C=C\C/C=C\CCCCCCCCCCCC(=O)NC(COP(=O)(O)OCC[N+](C)(C)C)C(O)/C=C/CC/C=C/CCCCCCCCCCCCCC. The Kier molecular flexibility index (Phi) is 42.6. The Balaban J connectivity index is 4.37. The van der Waals surface area contributed by atoms with Crippen LogP contribution >= 0.6 is 7.82 Å². The molecule has 3 unspecified atom stereocenters. The summed E-state index contributed by atoms with van der Waals surface area (Å²) in [7, 11) is 1.55. The van der Waals surface area contributed by atoms with Crippen LogP contribution in [0.3, 0.4) is 0 Å². The van der Waals surface area contributed by atoms with E-state index in [0.29, 0.717) is 17.4 Å². The summed E-state index contributed by atoms with van der Waals surface area (Å²) < 4.78 is 23.6. The van der Waals surface area contributed by atoms with Crippen LogP contribution in [0.15, 0.2) is 48.6 Å². The molecule has 8 nitrogen and oxygen atoms in total. The van der Waals surface area contributed by atoms with Crippen molar-refractivity contribution in [1.29, 1.82) is 0 Å². The zero-order valence-corrected chi connectivity index (χ0v) is 41.5. The van der Waals surface area contributed by atoms with Gasteiger partial charge in [-0.1, -0.05) is 204 Å². The molecule has 0 bridgehead atoms. The maximum Gasteiger partial charge on any atom is 0.472 e. The first-order chi connectivity index (χ1) is 29.5. The Morgan fingerprint density at radius 1 is 0.557 bits per heavy atom. The molecule has 0 radical (unpaired) electrons. The number of allylic oxidation sites excluding steroid dienone is 7. The van der Waals surface area contributed by atoms with Crippen molar-refractivity contribution in [3.63, 3.8) is 0 Å². The number of hydrogen-bond donors (Lipinski definition) is 3. The number of aliphatic hydroxyl groups is 1. The van der Waals surface area contributed by atoms with Crippen molar-refractivity contribution in [2.75, 3.05) is 40.9 Å². The summed E-state index contributed by atoms with van der Waals surface area (Å²) in [5.74, 6) is -0.191. The van der Waals surface area contributed by atoms with Crippen LogP contribution in [-0.4, -0.2) is 73.4 Å². The zero-order valence-electron chi connectivity index (χ0n) is 40.7. The summed E-state index contributed by atoms with van der Waals surface area (Å²) in [6.07, 6.45) is 56.2. The number of nitrogens with zero attached hydrogens (tertiary/aromatic N) is 1. The van der Waals surface area contributed by atoms with E-state index in [1.807, 2.05) is 27.2 Å². The summed E-state index contributed by atoms with van der Waals surface area (Å²) in [4.78, 5) is 23.2. The van der Waals surface area contributed by atoms with Crippen LogP contribution in [0.4, 0.5) is 0 Å². The van der Waals surface area contributed by atoms with Gasteiger partial charge in [-0.05, 0) is 64.2 Å². The van der Waals surface area contributed by atoms with Crippen LogP contribution in [0.25, 0.3) is 0 Å². The summed E-state index contributed by atoms with van der Waals surface area (Å²) in [5, 5.41) is 13.9. The second-order valence-electron chi connectivity index (χ2n) is 18.5. The van der Waals surface area contributed by atoms with Crippen molar-refractivity contribution >= 4 is 13.7 Å². The number of rotatable bonds is 46. The Bertz CT molecular complexity index is 1130.